The minimum absolute atomic E-state index is 0.000711. The van der Waals surface area contributed by atoms with Crippen LogP contribution in [0.3, 0.4) is 0 Å². The zero-order valence-electron chi connectivity index (χ0n) is 10.9. The molecule has 1 aromatic rings. The molecule has 3 nitrogen and oxygen atoms in total. The molecular weight excluding hydrogens is 282 g/mol. The SMILES string of the molecule is CC(Sc1ccc(Cl)cc1)C(=O)N1CCCC1CO. The number of nitrogens with zero attached hydrogens (tertiary/aromatic N) is 1. The normalized spacial score (nSPS) is 20.6. The molecule has 1 aromatic carbocycles. The summed E-state index contributed by atoms with van der Waals surface area (Å²) < 4.78 is 0. The molecule has 0 saturated carbocycles. The maximum Gasteiger partial charge on any atom is 0.236 e. The zero-order chi connectivity index (χ0) is 13.8. The van der Waals surface area contributed by atoms with Gasteiger partial charge in [-0.2, -0.15) is 0 Å². The molecule has 1 amide bonds. The van der Waals surface area contributed by atoms with E-state index in [2.05, 4.69) is 0 Å². The van der Waals surface area contributed by atoms with Crippen molar-refractivity contribution in [2.45, 2.75) is 36.0 Å². The number of thioether (sulfide) groups is 1. The Morgan fingerprint density at radius 1 is 1.53 bits per heavy atom. The first-order chi connectivity index (χ1) is 9.11. The van der Waals surface area contributed by atoms with Gasteiger partial charge in [0.15, 0.2) is 0 Å². The number of aliphatic hydroxyl groups excluding tert-OH is 1. The molecule has 2 rings (SSSR count). The highest BCUT2D eigenvalue weighted by atomic mass is 35.5. The van der Waals surface area contributed by atoms with Crippen LogP contribution >= 0.6 is 23.4 Å². The van der Waals surface area contributed by atoms with E-state index in [0.29, 0.717) is 5.02 Å². The Morgan fingerprint density at radius 2 is 2.21 bits per heavy atom. The number of halogens is 1. The summed E-state index contributed by atoms with van der Waals surface area (Å²) in [7, 11) is 0. The molecule has 5 heteroatoms. The van der Waals surface area contributed by atoms with Gasteiger partial charge < -0.3 is 10.0 Å². The van der Waals surface area contributed by atoms with Crippen molar-refractivity contribution in [3.8, 4) is 0 Å². The predicted octanol–water partition coefficient (Wildman–Crippen LogP) is 2.80. The molecule has 1 heterocycles. The summed E-state index contributed by atoms with van der Waals surface area (Å²) in [5.74, 6) is 0.108. The van der Waals surface area contributed by atoms with Gasteiger partial charge in [-0.05, 0) is 44.0 Å². The van der Waals surface area contributed by atoms with Crippen molar-refractivity contribution >= 4 is 29.3 Å². The molecule has 1 aliphatic heterocycles. The average Bonchev–Trinajstić information content (AvgIpc) is 2.88. The van der Waals surface area contributed by atoms with Gasteiger partial charge in [0.25, 0.3) is 0 Å². The van der Waals surface area contributed by atoms with E-state index in [-0.39, 0.29) is 23.8 Å². The van der Waals surface area contributed by atoms with Gasteiger partial charge >= 0.3 is 0 Å². The highest BCUT2D eigenvalue weighted by Crippen LogP contribution is 2.28. The molecule has 0 spiro atoms. The van der Waals surface area contributed by atoms with Gasteiger partial charge in [-0.15, -0.1) is 11.8 Å². The number of amides is 1. The standard InChI is InChI=1S/C14H18ClNO2S/c1-10(19-13-6-4-11(15)5-7-13)14(18)16-8-2-3-12(16)9-17/h4-7,10,12,17H,2-3,8-9H2,1H3. The predicted molar refractivity (Wildman–Crippen MR) is 78.6 cm³/mol. The smallest absolute Gasteiger partial charge is 0.236 e. The first-order valence-electron chi connectivity index (χ1n) is 6.45. The molecular formula is C14H18ClNO2S. The fourth-order valence-corrected chi connectivity index (χ4v) is 3.38. The molecule has 2 atom stereocenters. The van der Waals surface area contributed by atoms with E-state index in [0.717, 1.165) is 24.3 Å². The van der Waals surface area contributed by atoms with Crippen molar-refractivity contribution in [1.82, 2.24) is 4.90 Å². The van der Waals surface area contributed by atoms with Crippen LogP contribution in [0.1, 0.15) is 19.8 Å². The molecule has 0 bridgehead atoms. The highest BCUT2D eigenvalue weighted by Gasteiger charge is 2.31. The Bertz CT molecular complexity index is 438. The lowest BCUT2D eigenvalue weighted by molar-refractivity contribution is -0.131. The van der Waals surface area contributed by atoms with Gasteiger partial charge in [0.05, 0.1) is 17.9 Å². The summed E-state index contributed by atoms with van der Waals surface area (Å²) in [6, 6.07) is 7.50. The number of carbonyl (C=O) groups excluding carboxylic acids is 1. The van der Waals surface area contributed by atoms with E-state index >= 15 is 0 Å². The quantitative estimate of drug-likeness (QED) is 0.869. The van der Waals surface area contributed by atoms with Crippen molar-refractivity contribution in [1.29, 1.82) is 0 Å². The van der Waals surface area contributed by atoms with Crippen LogP contribution in [0.2, 0.25) is 5.02 Å². The van der Waals surface area contributed by atoms with Gasteiger partial charge in [-0.3, -0.25) is 4.79 Å². The Kier molecular flexibility index (Phi) is 5.13. The molecule has 1 aliphatic rings. The zero-order valence-corrected chi connectivity index (χ0v) is 12.5. The summed E-state index contributed by atoms with van der Waals surface area (Å²) >= 11 is 7.37. The van der Waals surface area contributed by atoms with Gasteiger partial charge in [0, 0.05) is 16.5 Å². The van der Waals surface area contributed by atoms with Gasteiger partial charge in [-0.25, -0.2) is 0 Å². The third kappa shape index (κ3) is 3.65. The lowest BCUT2D eigenvalue weighted by atomic mass is 10.2. The molecule has 0 aromatic heterocycles. The monoisotopic (exact) mass is 299 g/mol. The van der Waals surface area contributed by atoms with Crippen molar-refractivity contribution in [2.24, 2.45) is 0 Å². The average molecular weight is 300 g/mol. The largest absolute Gasteiger partial charge is 0.394 e. The molecule has 104 valence electrons. The number of hydrogen-bond acceptors (Lipinski definition) is 3. The third-order valence-corrected chi connectivity index (χ3v) is 4.70. The number of benzene rings is 1. The van der Waals surface area contributed by atoms with Crippen molar-refractivity contribution in [2.75, 3.05) is 13.2 Å². The Hall–Kier alpha value is -0.710. The number of likely N-dealkylation sites (tertiary alicyclic amines) is 1. The second-order valence-corrected chi connectivity index (χ2v) is 6.57. The molecule has 0 radical (unpaired) electrons. The lowest BCUT2D eigenvalue weighted by Gasteiger charge is -2.26. The van der Waals surface area contributed by atoms with Crippen molar-refractivity contribution in [3.63, 3.8) is 0 Å². The number of rotatable bonds is 4. The van der Waals surface area contributed by atoms with Crippen LogP contribution in [0.4, 0.5) is 0 Å². The van der Waals surface area contributed by atoms with Crippen LogP contribution in [0.15, 0.2) is 29.2 Å². The topological polar surface area (TPSA) is 40.5 Å². The minimum atomic E-state index is -0.145. The number of aliphatic hydroxyl groups is 1. The second kappa shape index (κ2) is 6.64. The van der Waals surface area contributed by atoms with Crippen molar-refractivity contribution < 1.29 is 9.90 Å². The van der Waals surface area contributed by atoms with E-state index in [4.69, 9.17) is 11.6 Å². The molecule has 0 aliphatic carbocycles. The summed E-state index contributed by atoms with van der Waals surface area (Å²) in [6.07, 6.45) is 1.88. The fraction of sp³-hybridized carbons (Fsp3) is 0.500. The molecule has 1 saturated heterocycles. The summed E-state index contributed by atoms with van der Waals surface area (Å²) in [4.78, 5) is 15.2. The van der Waals surface area contributed by atoms with Crippen LogP contribution in [0.25, 0.3) is 0 Å². The van der Waals surface area contributed by atoms with Crippen LogP contribution in [0, 0.1) is 0 Å². The van der Waals surface area contributed by atoms with E-state index in [1.54, 1.807) is 0 Å². The fourth-order valence-electron chi connectivity index (χ4n) is 2.32. The molecule has 19 heavy (non-hydrogen) atoms. The van der Waals surface area contributed by atoms with E-state index in [9.17, 15) is 9.90 Å². The molecule has 2 unspecified atom stereocenters. The van der Waals surface area contributed by atoms with E-state index in [1.807, 2.05) is 36.1 Å². The van der Waals surface area contributed by atoms with Crippen LogP contribution in [0.5, 0.6) is 0 Å². The van der Waals surface area contributed by atoms with E-state index in [1.165, 1.54) is 11.8 Å². The second-order valence-electron chi connectivity index (χ2n) is 4.72. The van der Waals surface area contributed by atoms with Gasteiger partial charge in [0.1, 0.15) is 0 Å². The Morgan fingerprint density at radius 3 is 2.84 bits per heavy atom. The molecule has 1 fully saturated rings. The van der Waals surface area contributed by atoms with Crippen LogP contribution in [-0.4, -0.2) is 40.4 Å². The summed E-state index contributed by atoms with van der Waals surface area (Å²) in [5, 5.41) is 9.82. The summed E-state index contributed by atoms with van der Waals surface area (Å²) in [5.41, 5.74) is 0. The Labute approximate surface area is 122 Å². The number of hydrogen-bond donors (Lipinski definition) is 1. The number of carbonyl (C=O) groups is 1. The van der Waals surface area contributed by atoms with Crippen molar-refractivity contribution in [3.05, 3.63) is 29.3 Å². The van der Waals surface area contributed by atoms with Crippen LogP contribution in [-0.2, 0) is 4.79 Å². The van der Waals surface area contributed by atoms with Crippen LogP contribution < -0.4 is 0 Å². The van der Waals surface area contributed by atoms with E-state index < -0.39 is 0 Å². The van der Waals surface area contributed by atoms with Gasteiger partial charge in [-0.1, -0.05) is 11.6 Å². The molecule has 1 N–H and O–H groups in total. The summed E-state index contributed by atoms with van der Waals surface area (Å²) in [6.45, 7) is 2.73. The van der Waals surface area contributed by atoms with Gasteiger partial charge in [0.2, 0.25) is 5.91 Å². The minimum Gasteiger partial charge on any atom is -0.394 e. The maximum atomic E-state index is 12.4. The maximum absolute atomic E-state index is 12.4. The first-order valence-corrected chi connectivity index (χ1v) is 7.71. The third-order valence-electron chi connectivity index (χ3n) is 3.35. The lowest BCUT2D eigenvalue weighted by Crippen LogP contribution is -2.41. The first kappa shape index (κ1) is 14.7. The highest BCUT2D eigenvalue weighted by molar-refractivity contribution is 8.00. The Balaban J connectivity index is 1.97.